The molecule has 0 unspecified atom stereocenters. The average molecular weight is 321 g/mol. The van der Waals surface area contributed by atoms with E-state index in [1.165, 1.54) is 10.8 Å². The Balaban J connectivity index is 2.32. The number of fused-ring (bicyclic) bond motifs is 1. The van der Waals surface area contributed by atoms with E-state index in [1.807, 2.05) is 6.07 Å². The number of aryl methyl sites for hydroxylation is 1. The minimum atomic E-state index is -0.330. The molecule has 7 heteroatoms. The van der Waals surface area contributed by atoms with E-state index >= 15 is 0 Å². The molecule has 0 atom stereocenters. The second-order valence-electron chi connectivity index (χ2n) is 5.26. The number of benzene rings is 1. The minimum Gasteiger partial charge on any atom is -0.397 e. The number of nitrogens with two attached hydrogens (primary N) is 1. The third-order valence-corrected chi connectivity index (χ3v) is 3.67. The summed E-state index contributed by atoms with van der Waals surface area (Å²) >= 11 is 0. The summed E-state index contributed by atoms with van der Waals surface area (Å²) in [7, 11) is 0. The van der Waals surface area contributed by atoms with Crippen molar-refractivity contribution in [2.75, 3.05) is 12.3 Å². The summed E-state index contributed by atoms with van der Waals surface area (Å²) in [6, 6.07) is 10.4. The van der Waals surface area contributed by atoms with Gasteiger partial charge in [0.05, 0.1) is 17.3 Å². The number of rotatable bonds is 4. The van der Waals surface area contributed by atoms with Gasteiger partial charge in [-0.05, 0) is 24.6 Å². The van der Waals surface area contributed by atoms with E-state index in [-0.39, 0.29) is 17.9 Å². The Kier molecular flexibility index (Phi) is 4.22. The number of pyridine rings is 1. The van der Waals surface area contributed by atoms with Crippen molar-refractivity contribution in [2.45, 2.75) is 13.0 Å². The van der Waals surface area contributed by atoms with Crippen LogP contribution in [0.25, 0.3) is 22.4 Å². The maximum absolute atomic E-state index is 12.9. The van der Waals surface area contributed by atoms with Crippen molar-refractivity contribution in [3.63, 3.8) is 0 Å². The molecule has 2 heterocycles. The molecule has 0 spiro atoms. The lowest BCUT2D eigenvalue weighted by Gasteiger charge is -2.12. The van der Waals surface area contributed by atoms with Crippen LogP contribution in [0.4, 0.5) is 5.69 Å². The highest BCUT2D eigenvalue weighted by Gasteiger charge is 2.15. The van der Waals surface area contributed by atoms with E-state index in [2.05, 4.69) is 9.97 Å². The molecule has 0 saturated heterocycles. The zero-order valence-electron chi connectivity index (χ0n) is 12.8. The normalized spacial score (nSPS) is 10.7. The molecule has 0 radical (unpaired) electrons. The second kappa shape index (κ2) is 6.48. The molecule has 0 aliphatic carbocycles. The van der Waals surface area contributed by atoms with Gasteiger partial charge in [-0.25, -0.2) is 9.97 Å². The summed E-state index contributed by atoms with van der Waals surface area (Å²) < 4.78 is 1.46. The quantitative estimate of drug-likeness (QED) is 0.747. The zero-order chi connectivity index (χ0) is 17.1. The summed E-state index contributed by atoms with van der Waals surface area (Å²) in [5.74, 6) is 0. The lowest BCUT2D eigenvalue weighted by molar-refractivity contribution is 0.280. The van der Waals surface area contributed by atoms with Gasteiger partial charge in [-0.15, -0.1) is 0 Å². The van der Waals surface area contributed by atoms with E-state index in [4.69, 9.17) is 16.1 Å². The van der Waals surface area contributed by atoms with Crippen LogP contribution < -0.4 is 11.3 Å². The zero-order valence-corrected chi connectivity index (χ0v) is 12.8. The van der Waals surface area contributed by atoms with Gasteiger partial charge < -0.3 is 10.8 Å². The highest BCUT2D eigenvalue weighted by Crippen LogP contribution is 2.21. The number of aromatic nitrogens is 3. The van der Waals surface area contributed by atoms with Gasteiger partial charge >= 0.3 is 0 Å². The number of aliphatic hydroxyl groups is 1. The van der Waals surface area contributed by atoms with Crippen LogP contribution in [-0.2, 0) is 6.54 Å². The minimum absolute atomic E-state index is 0.0438. The fraction of sp³-hybridized carbons (Fsp3) is 0.176. The molecule has 0 saturated carbocycles. The molecule has 0 amide bonds. The van der Waals surface area contributed by atoms with Crippen LogP contribution >= 0.6 is 0 Å². The average Bonchev–Trinajstić information content (AvgIpc) is 2.61. The Labute approximate surface area is 137 Å². The maximum Gasteiger partial charge on any atom is 0.278 e. The lowest BCUT2D eigenvalue weighted by Crippen LogP contribution is -2.25. The monoisotopic (exact) mass is 321 g/mol. The Morgan fingerprint density at radius 2 is 2.17 bits per heavy atom. The molecular weight excluding hydrogens is 306 g/mol. The summed E-state index contributed by atoms with van der Waals surface area (Å²) in [4.78, 5) is 21.5. The van der Waals surface area contributed by atoms with Gasteiger partial charge in [0.1, 0.15) is 11.2 Å². The van der Waals surface area contributed by atoms with Gasteiger partial charge in [0.2, 0.25) is 0 Å². The van der Waals surface area contributed by atoms with Gasteiger partial charge in [0, 0.05) is 24.9 Å². The third kappa shape index (κ3) is 2.71. The lowest BCUT2D eigenvalue weighted by atomic mass is 10.1. The summed E-state index contributed by atoms with van der Waals surface area (Å²) in [6.07, 6.45) is 1.93. The second-order valence-corrected chi connectivity index (χ2v) is 5.26. The standard InChI is InChI=1S/C17H15N5O2/c18-10-11-3-1-4-12(9-11)14-17(24)22(7-2-8-23)16-15(21-14)13(19)5-6-20-16/h1,3-6,9,23H,2,7-8H2,(H2,19,20). The van der Waals surface area contributed by atoms with Gasteiger partial charge in [0.25, 0.3) is 5.56 Å². The molecule has 24 heavy (non-hydrogen) atoms. The van der Waals surface area contributed by atoms with E-state index in [0.29, 0.717) is 40.9 Å². The molecule has 3 rings (SSSR count). The smallest absolute Gasteiger partial charge is 0.278 e. The first-order chi connectivity index (χ1) is 11.7. The largest absolute Gasteiger partial charge is 0.397 e. The molecule has 2 aromatic heterocycles. The summed E-state index contributed by atoms with van der Waals surface area (Å²) in [6.45, 7) is 0.258. The maximum atomic E-state index is 12.9. The molecule has 0 aliphatic rings. The molecule has 7 nitrogen and oxygen atoms in total. The topological polar surface area (TPSA) is 118 Å². The van der Waals surface area contributed by atoms with Crippen molar-refractivity contribution in [2.24, 2.45) is 0 Å². The first-order valence-electron chi connectivity index (χ1n) is 7.42. The number of nitriles is 1. The van der Waals surface area contributed by atoms with Crippen molar-refractivity contribution in [3.05, 3.63) is 52.4 Å². The first-order valence-corrected chi connectivity index (χ1v) is 7.42. The fourth-order valence-electron chi connectivity index (χ4n) is 2.51. The first kappa shape index (κ1) is 15.6. The number of aliphatic hydroxyl groups excluding tert-OH is 1. The van der Waals surface area contributed by atoms with Crippen LogP contribution in [0.1, 0.15) is 12.0 Å². The summed E-state index contributed by atoms with van der Waals surface area (Å²) in [5, 5.41) is 18.1. The van der Waals surface area contributed by atoms with Gasteiger partial charge in [-0.2, -0.15) is 5.26 Å². The number of hydrogen-bond acceptors (Lipinski definition) is 6. The molecule has 1 aromatic carbocycles. The molecular formula is C17H15N5O2. The van der Waals surface area contributed by atoms with Crippen LogP contribution in [0, 0.1) is 11.3 Å². The van der Waals surface area contributed by atoms with E-state index in [9.17, 15) is 4.79 Å². The van der Waals surface area contributed by atoms with Crippen LogP contribution in [0.3, 0.4) is 0 Å². The number of anilines is 1. The molecule has 0 fully saturated rings. The highest BCUT2D eigenvalue weighted by atomic mass is 16.3. The predicted molar refractivity (Wildman–Crippen MR) is 90.1 cm³/mol. The molecule has 0 bridgehead atoms. The van der Waals surface area contributed by atoms with E-state index < -0.39 is 0 Å². The van der Waals surface area contributed by atoms with Crippen LogP contribution in [0.15, 0.2) is 41.3 Å². The van der Waals surface area contributed by atoms with Crippen molar-refractivity contribution in [1.82, 2.24) is 14.5 Å². The SMILES string of the molecule is N#Cc1cccc(-c2nc3c(N)ccnc3n(CCCO)c2=O)c1. The van der Waals surface area contributed by atoms with E-state index in [0.717, 1.165) is 0 Å². The van der Waals surface area contributed by atoms with Crippen molar-refractivity contribution in [1.29, 1.82) is 5.26 Å². The van der Waals surface area contributed by atoms with Gasteiger partial charge in [0.15, 0.2) is 5.65 Å². The van der Waals surface area contributed by atoms with Gasteiger partial charge in [-0.3, -0.25) is 9.36 Å². The number of nitrogen functional groups attached to an aromatic ring is 1. The van der Waals surface area contributed by atoms with E-state index in [1.54, 1.807) is 30.3 Å². The summed E-state index contributed by atoms with van der Waals surface area (Å²) in [5.41, 5.74) is 8.07. The predicted octanol–water partition coefficient (Wildman–Crippen LogP) is 1.29. The third-order valence-electron chi connectivity index (χ3n) is 3.67. The fourth-order valence-corrected chi connectivity index (χ4v) is 2.51. The molecule has 3 N–H and O–H groups in total. The molecule has 0 aliphatic heterocycles. The van der Waals surface area contributed by atoms with Crippen LogP contribution in [-0.4, -0.2) is 26.2 Å². The Hall–Kier alpha value is -3.24. The number of nitrogens with zero attached hydrogens (tertiary/aromatic N) is 4. The van der Waals surface area contributed by atoms with Crippen LogP contribution in [0.2, 0.25) is 0 Å². The Bertz CT molecular complexity index is 1000. The van der Waals surface area contributed by atoms with Gasteiger partial charge in [-0.1, -0.05) is 12.1 Å². The van der Waals surface area contributed by atoms with Crippen molar-refractivity contribution < 1.29 is 5.11 Å². The number of hydrogen-bond donors (Lipinski definition) is 2. The molecule has 120 valence electrons. The van der Waals surface area contributed by atoms with Crippen molar-refractivity contribution >= 4 is 16.9 Å². The molecule has 3 aromatic rings. The van der Waals surface area contributed by atoms with Crippen LogP contribution in [0.5, 0.6) is 0 Å². The Morgan fingerprint density at radius 3 is 2.92 bits per heavy atom. The Morgan fingerprint density at radius 1 is 1.33 bits per heavy atom. The highest BCUT2D eigenvalue weighted by molar-refractivity contribution is 5.85. The van der Waals surface area contributed by atoms with Crippen molar-refractivity contribution in [3.8, 4) is 17.3 Å².